The fourth-order valence-electron chi connectivity index (χ4n) is 2.77. The Kier molecular flexibility index (Phi) is 5.96. The Morgan fingerprint density at radius 3 is 2.65 bits per heavy atom. The second kappa shape index (κ2) is 7.78. The van der Waals surface area contributed by atoms with Gasteiger partial charge in [-0.3, -0.25) is 4.99 Å². The van der Waals surface area contributed by atoms with Gasteiger partial charge in [0.1, 0.15) is 4.38 Å². The SMILES string of the molecule is O=S(=O)(N[C@H]1CCCC[C@H]1SC1=NCCS1)c1ccc(Cl)cc1. The van der Waals surface area contributed by atoms with Crippen LogP contribution >= 0.6 is 35.1 Å². The molecule has 1 aromatic carbocycles. The highest BCUT2D eigenvalue weighted by Gasteiger charge is 2.31. The van der Waals surface area contributed by atoms with Crippen LogP contribution in [0.2, 0.25) is 5.02 Å². The van der Waals surface area contributed by atoms with E-state index in [-0.39, 0.29) is 16.2 Å². The molecule has 0 bridgehead atoms. The molecule has 0 amide bonds. The van der Waals surface area contributed by atoms with Crippen LogP contribution in [0.5, 0.6) is 0 Å². The van der Waals surface area contributed by atoms with Crippen molar-refractivity contribution in [2.75, 3.05) is 12.3 Å². The summed E-state index contributed by atoms with van der Waals surface area (Å²) < 4.78 is 29.2. The second-order valence-electron chi connectivity index (χ2n) is 5.62. The Bertz CT molecular complexity index is 676. The molecule has 126 valence electrons. The molecule has 0 radical (unpaired) electrons. The zero-order valence-corrected chi connectivity index (χ0v) is 15.8. The molecule has 1 N–H and O–H groups in total. The monoisotopic (exact) mass is 390 g/mol. The molecule has 23 heavy (non-hydrogen) atoms. The van der Waals surface area contributed by atoms with Gasteiger partial charge in [0.25, 0.3) is 0 Å². The van der Waals surface area contributed by atoms with E-state index in [0.29, 0.717) is 5.02 Å². The average molecular weight is 391 g/mol. The fraction of sp³-hybridized carbons (Fsp3) is 0.533. The highest BCUT2D eigenvalue weighted by atomic mass is 35.5. The van der Waals surface area contributed by atoms with Crippen LogP contribution in [0.3, 0.4) is 0 Å². The zero-order chi connectivity index (χ0) is 16.3. The van der Waals surface area contributed by atoms with Gasteiger partial charge in [0.2, 0.25) is 10.0 Å². The highest BCUT2D eigenvalue weighted by molar-refractivity contribution is 8.39. The lowest BCUT2D eigenvalue weighted by molar-refractivity contribution is 0.424. The summed E-state index contributed by atoms with van der Waals surface area (Å²) >= 11 is 9.35. The number of hydrogen-bond acceptors (Lipinski definition) is 5. The van der Waals surface area contributed by atoms with E-state index in [4.69, 9.17) is 11.6 Å². The van der Waals surface area contributed by atoms with E-state index in [1.807, 2.05) is 0 Å². The lowest BCUT2D eigenvalue weighted by Crippen LogP contribution is -2.44. The normalized spacial score (nSPS) is 25.3. The molecular formula is C15H19ClN2O2S3. The van der Waals surface area contributed by atoms with Gasteiger partial charge in [-0.25, -0.2) is 13.1 Å². The number of benzene rings is 1. The van der Waals surface area contributed by atoms with E-state index in [1.165, 1.54) is 0 Å². The number of nitrogens with zero attached hydrogens (tertiary/aromatic N) is 1. The first-order valence-electron chi connectivity index (χ1n) is 7.66. The van der Waals surface area contributed by atoms with Crippen molar-refractivity contribution in [3.63, 3.8) is 0 Å². The van der Waals surface area contributed by atoms with Crippen molar-refractivity contribution in [2.24, 2.45) is 4.99 Å². The molecule has 2 aliphatic rings. The van der Waals surface area contributed by atoms with Crippen LogP contribution in [0.1, 0.15) is 25.7 Å². The summed E-state index contributed by atoms with van der Waals surface area (Å²) in [5.41, 5.74) is 0. The van der Waals surface area contributed by atoms with Gasteiger partial charge in [-0.15, -0.1) is 0 Å². The minimum absolute atomic E-state index is 0.0432. The standard InChI is InChI=1S/C15H19ClN2O2S3/c16-11-5-7-12(8-6-11)23(19,20)18-13-3-1-2-4-14(13)22-15-17-9-10-21-15/h5-8,13-14,18H,1-4,9-10H2/t13-,14+/m0/s1. The predicted octanol–water partition coefficient (Wildman–Crippen LogP) is 3.77. The minimum Gasteiger partial charge on any atom is -0.271 e. The molecule has 1 aromatic rings. The number of sulfonamides is 1. The van der Waals surface area contributed by atoms with Gasteiger partial charge in [-0.1, -0.05) is 48.0 Å². The van der Waals surface area contributed by atoms with Crippen LogP contribution in [0.4, 0.5) is 0 Å². The van der Waals surface area contributed by atoms with Crippen LogP contribution in [0, 0.1) is 0 Å². The lowest BCUT2D eigenvalue weighted by atomic mass is 9.96. The Hall–Kier alpha value is -0.210. The Morgan fingerprint density at radius 1 is 1.22 bits per heavy atom. The molecule has 0 spiro atoms. The van der Waals surface area contributed by atoms with Gasteiger partial charge in [0, 0.05) is 22.1 Å². The predicted molar refractivity (Wildman–Crippen MR) is 100 cm³/mol. The third kappa shape index (κ3) is 4.66. The second-order valence-corrected chi connectivity index (χ2v) is 10.3. The summed E-state index contributed by atoms with van der Waals surface area (Å²) in [6, 6.07) is 6.26. The molecule has 3 rings (SSSR count). The van der Waals surface area contributed by atoms with Crippen molar-refractivity contribution in [3.8, 4) is 0 Å². The molecular weight excluding hydrogens is 372 g/mol. The molecule has 1 saturated carbocycles. The summed E-state index contributed by atoms with van der Waals surface area (Å²) in [5.74, 6) is 1.04. The van der Waals surface area contributed by atoms with Crippen LogP contribution in [0.15, 0.2) is 34.2 Å². The number of aliphatic imine (C=N–C) groups is 1. The lowest BCUT2D eigenvalue weighted by Gasteiger charge is -2.31. The topological polar surface area (TPSA) is 58.5 Å². The van der Waals surface area contributed by atoms with Gasteiger partial charge in [0.15, 0.2) is 0 Å². The summed E-state index contributed by atoms with van der Waals surface area (Å²) in [4.78, 5) is 4.75. The summed E-state index contributed by atoms with van der Waals surface area (Å²) in [6.45, 7) is 0.876. The van der Waals surface area contributed by atoms with Gasteiger partial charge in [0.05, 0.1) is 11.4 Å². The number of thioether (sulfide) groups is 2. The average Bonchev–Trinajstić information content (AvgIpc) is 3.02. The van der Waals surface area contributed by atoms with E-state index < -0.39 is 10.0 Å². The number of nitrogens with one attached hydrogen (secondary N) is 1. The van der Waals surface area contributed by atoms with Gasteiger partial charge in [-0.05, 0) is 37.1 Å². The first kappa shape index (κ1) is 17.6. The van der Waals surface area contributed by atoms with Gasteiger partial charge in [-0.2, -0.15) is 0 Å². The third-order valence-electron chi connectivity index (χ3n) is 3.94. The van der Waals surface area contributed by atoms with E-state index >= 15 is 0 Å². The van der Waals surface area contributed by atoms with Crippen LogP contribution in [-0.2, 0) is 10.0 Å². The summed E-state index contributed by atoms with van der Waals surface area (Å²) in [6.07, 6.45) is 4.11. The van der Waals surface area contributed by atoms with Crippen LogP contribution in [-0.4, -0.2) is 36.4 Å². The molecule has 8 heteroatoms. The molecule has 4 nitrogen and oxygen atoms in total. The molecule has 1 aliphatic carbocycles. The molecule has 1 aliphatic heterocycles. The molecule has 0 aromatic heterocycles. The van der Waals surface area contributed by atoms with E-state index in [2.05, 4.69) is 9.71 Å². The summed E-state index contributed by atoms with van der Waals surface area (Å²) in [5, 5.41) is 0.793. The van der Waals surface area contributed by atoms with E-state index in [1.54, 1.807) is 47.8 Å². The van der Waals surface area contributed by atoms with Crippen LogP contribution in [0.25, 0.3) is 0 Å². The third-order valence-corrected chi connectivity index (χ3v) is 8.30. The fourth-order valence-corrected chi connectivity index (χ4v) is 6.80. The van der Waals surface area contributed by atoms with Crippen molar-refractivity contribution < 1.29 is 8.42 Å². The molecule has 0 saturated heterocycles. The maximum Gasteiger partial charge on any atom is 0.240 e. The van der Waals surface area contributed by atoms with Gasteiger partial charge < -0.3 is 0 Å². The van der Waals surface area contributed by atoms with Crippen molar-refractivity contribution in [2.45, 2.75) is 41.9 Å². The molecule has 1 heterocycles. The number of halogens is 1. The van der Waals surface area contributed by atoms with Crippen molar-refractivity contribution in [1.29, 1.82) is 0 Å². The smallest absolute Gasteiger partial charge is 0.240 e. The van der Waals surface area contributed by atoms with E-state index in [0.717, 1.165) is 42.4 Å². The van der Waals surface area contributed by atoms with Crippen molar-refractivity contribution in [1.82, 2.24) is 4.72 Å². The highest BCUT2D eigenvalue weighted by Crippen LogP contribution is 2.35. The Balaban J connectivity index is 1.71. The van der Waals surface area contributed by atoms with Gasteiger partial charge >= 0.3 is 0 Å². The first-order chi connectivity index (χ1) is 11.0. The molecule has 2 atom stereocenters. The van der Waals surface area contributed by atoms with E-state index in [9.17, 15) is 8.42 Å². The largest absolute Gasteiger partial charge is 0.271 e. The van der Waals surface area contributed by atoms with Crippen molar-refractivity contribution >= 4 is 49.5 Å². The Labute approximate surface area is 150 Å². The maximum atomic E-state index is 12.6. The first-order valence-corrected chi connectivity index (χ1v) is 11.4. The molecule has 1 fully saturated rings. The minimum atomic E-state index is -3.51. The quantitative estimate of drug-likeness (QED) is 0.850. The van der Waals surface area contributed by atoms with Crippen molar-refractivity contribution in [3.05, 3.63) is 29.3 Å². The molecule has 0 unspecified atom stereocenters. The maximum absolute atomic E-state index is 12.6. The number of rotatable bonds is 4. The number of hydrogen-bond donors (Lipinski definition) is 1. The Morgan fingerprint density at radius 2 is 1.96 bits per heavy atom. The summed E-state index contributed by atoms with van der Waals surface area (Å²) in [7, 11) is -3.51. The zero-order valence-electron chi connectivity index (χ0n) is 12.6. The van der Waals surface area contributed by atoms with Crippen LogP contribution < -0.4 is 4.72 Å².